The second kappa shape index (κ2) is 6.85. The molecule has 0 amide bonds. The van der Waals surface area contributed by atoms with Gasteiger partial charge in [-0.3, -0.25) is 4.90 Å². The maximum atomic E-state index is 9.90. The number of hydrogen-bond acceptors (Lipinski definition) is 5. The van der Waals surface area contributed by atoms with E-state index in [1.54, 1.807) is 14.2 Å². The lowest BCUT2D eigenvalue weighted by atomic mass is 9.75. The number of rotatable bonds is 5. The van der Waals surface area contributed by atoms with Crippen molar-refractivity contribution in [3.8, 4) is 11.5 Å². The molecule has 0 aliphatic carbocycles. The number of aliphatic hydroxyl groups is 1. The highest BCUT2D eigenvalue weighted by Crippen LogP contribution is 2.43. The molecule has 5 nitrogen and oxygen atoms in total. The predicted octanol–water partition coefficient (Wildman–Crippen LogP) is 2.19. The molecule has 0 aromatic heterocycles. The molecule has 0 spiro atoms. The third-order valence-electron chi connectivity index (χ3n) is 5.22. The zero-order valence-corrected chi connectivity index (χ0v) is 14.4. The van der Waals surface area contributed by atoms with Crippen LogP contribution in [0.1, 0.15) is 12.0 Å². The molecule has 0 unspecified atom stereocenters. The topological polar surface area (TPSA) is 51.2 Å². The molecule has 2 aliphatic rings. The van der Waals surface area contributed by atoms with E-state index in [1.807, 2.05) is 12.1 Å². The highest BCUT2D eigenvalue weighted by molar-refractivity contribution is 6.33. The Bertz CT molecular complexity index is 568. The van der Waals surface area contributed by atoms with E-state index in [-0.39, 0.29) is 12.0 Å². The van der Waals surface area contributed by atoms with Crippen LogP contribution in [0.15, 0.2) is 12.1 Å². The molecular weight excluding hydrogens is 318 g/mol. The summed E-state index contributed by atoms with van der Waals surface area (Å²) < 4.78 is 16.3. The summed E-state index contributed by atoms with van der Waals surface area (Å²) in [5.41, 5.74) is 0.985. The third-order valence-corrected chi connectivity index (χ3v) is 5.63. The number of halogens is 1. The predicted molar refractivity (Wildman–Crippen MR) is 88.3 cm³/mol. The first-order valence-electron chi connectivity index (χ1n) is 7.94. The molecule has 0 radical (unpaired) electrons. The summed E-state index contributed by atoms with van der Waals surface area (Å²) in [5.74, 6) is 1.60. The van der Waals surface area contributed by atoms with Gasteiger partial charge in [-0.2, -0.15) is 0 Å². The molecular formula is C17H24ClNO4. The number of ether oxygens (including phenoxy) is 3. The Morgan fingerprint density at radius 1 is 1.39 bits per heavy atom. The lowest BCUT2D eigenvalue weighted by Gasteiger charge is -2.36. The number of hydrogen-bond donors (Lipinski definition) is 1. The maximum absolute atomic E-state index is 9.90. The van der Waals surface area contributed by atoms with Gasteiger partial charge >= 0.3 is 0 Å². The molecule has 0 saturated carbocycles. The van der Waals surface area contributed by atoms with Gasteiger partial charge in [-0.1, -0.05) is 17.7 Å². The minimum atomic E-state index is -0.0265. The van der Waals surface area contributed by atoms with Crippen molar-refractivity contribution in [2.45, 2.75) is 13.0 Å². The van der Waals surface area contributed by atoms with Gasteiger partial charge in [0.15, 0.2) is 11.5 Å². The van der Waals surface area contributed by atoms with Crippen LogP contribution in [0.3, 0.4) is 0 Å². The summed E-state index contributed by atoms with van der Waals surface area (Å²) in [6, 6.07) is 3.86. The van der Waals surface area contributed by atoms with Gasteiger partial charge in [-0.05, 0) is 18.1 Å². The van der Waals surface area contributed by atoms with E-state index in [1.165, 1.54) is 0 Å². The van der Waals surface area contributed by atoms with Crippen LogP contribution in [0.25, 0.3) is 0 Å². The average Bonchev–Trinajstić information content (AvgIpc) is 2.95. The molecule has 2 aliphatic heterocycles. The Morgan fingerprint density at radius 3 is 2.87 bits per heavy atom. The molecule has 3 rings (SSSR count). The lowest BCUT2D eigenvalue weighted by Crippen LogP contribution is -2.41. The van der Waals surface area contributed by atoms with E-state index in [2.05, 4.69) is 4.90 Å². The fourth-order valence-corrected chi connectivity index (χ4v) is 4.12. The van der Waals surface area contributed by atoms with Crippen molar-refractivity contribution in [3.63, 3.8) is 0 Å². The van der Waals surface area contributed by atoms with Crippen molar-refractivity contribution < 1.29 is 19.3 Å². The SMILES string of the molecule is COc1ccc(CN2C[C@@H]3COCC[C@]3(CO)C2)c(Cl)c1OC. The second-order valence-corrected chi connectivity index (χ2v) is 6.86. The molecule has 23 heavy (non-hydrogen) atoms. The van der Waals surface area contributed by atoms with E-state index < -0.39 is 0 Å². The maximum Gasteiger partial charge on any atom is 0.179 e. The van der Waals surface area contributed by atoms with Gasteiger partial charge in [0.1, 0.15) is 0 Å². The van der Waals surface area contributed by atoms with Crippen LogP contribution in [0.4, 0.5) is 0 Å². The summed E-state index contributed by atoms with van der Waals surface area (Å²) in [6.07, 6.45) is 0.921. The summed E-state index contributed by atoms with van der Waals surface area (Å²) in [4.78, 5) is 2.35. The average molecular weight is 342 g/mol. The van der Waals surface area contributed by atoms with Crippen molar-refractivity contribution in [2.24, 2.45) is 11.3 Å². The van der Waals surface area contributed by atoms with Gasteiger partial charge in [0, 0.05) is 37.6 Å². The molecule has 128 valence electrons. The number of fused-ring (bicyclic) bond motifs is 1. The van der Waals surface area contributed by atoms with Gasteiger partial charge in [0.05, 0.1) is 32.5 Å². The molecule has 1 N–H and O–H groups in total. The first-order valence-corrected chi connectivity index (χ1v) is 8.31. The Kier molecular flexibility index (Phi) is 5.01. The van der Waals surface area contributed by atoms with Gasteiger partial charge in [0.2, 0.25) is 0 Å². The van der Waals surface area contributed by atoms with E-state index in [9.17, 15) is 5.11 Å². The quantitative estimate of drug-likeness (QED) is 0.889. The van der Waals surface area contributed by atoms with Crippen molar-refractivity contribution in [2.75, 3.05) is 47.1 Å². The highest BCUT2D eigenvalue weighted by Gasteiger charge is 2.47. The summed E-state index contributed by atoms with van der Waals surface area (Å²) >= 11 is 6.49. The van der Waals surface area contributed by atoms with Crippen LogP contribution in [-0.2, 0) is 11.3 Å². The number of nitrogens with zero attached hydrogens (tertiary/aromatic N) is 1. The van der Waals surface area contributed by atoms with Crippen molar-refractivity contribution in [1.29, 1.82) is 0 Å². The first-order chi connectivity index (χ1) is 11.1. The van der Waals surface area contributed by atoms with E-state index in [0.717, 1.165) is 44.8 Å². The normalized spacial score (nSPS) is 27.7. The zero-order chi connectivity index (χ0) is 16.4. The standard InChI is InChI=1S/C17H24ClNO4/c1-21-14-4-3-12(15(18)16(14)22-2)7-19-8-13-9-23-6-5-17(13,10-19)11-20/h3-4,13,20H,5-11H2,1-2H3/t13-,17-/m1/s1. The molecule has 2 heterocycles. The van der Waals surface area contributed by atoms with Crippen LogP contribution in [0, 0.1) is 11.3 Å². The minimum absolute atomic E-state index is 0.0265. The Balaban J connectivity index is 1.78. The summed E-state index contributed by atoms with van der Waals surface area (Å²) in [5, 5.41) is 10.5. The highest BCUT2D eigenvalue weighted by atomic mass is 35.5. The smallest absolute Gasteiger partial charge is 0.179 e. The van der Waals surface area contributed by atoms with Gasteiger partial charge in [-0.15, -0.1) is 0 Å². The second-order valence-electron chi connectivity index (χ2n) is 6.49. The largest absolute Gasteiger partial charge is 0.493 e. The van der Waals surface area contributed by atoms with Gasteiger partial charge < -0.3 is 19.3 Å². The van der Waals surface area contributed by atoms with Crippen LogP contribution in [0.2, 0.25) is 5.02 Å². The zero-order valence-electron chi connectivity index (χ0n) is 13.7. The fourth-order valence-electron chi connectivity index (χ4n) is 3.83. The summed E-state index contributed by atoms with van der Waals surface area (Å²) in [7, 11) is 3.19. The van der Waals surface area contributed by atoms with Crippen molar-refractivity contribution in [3.05, 3.63) is 22.7 Å². The number of aliphatic hydroxyl groups excluding tert-OH is 1. The van der Waals surface area contributed by atoms with Crippen LogP contribution in [-0.4, -0.2) is 57.1 Å². The van der Waals surface area contributed by atoms with Crippen LogP contribution >= 0.6 is 11.6 Å². The molecule has 6 heteroatoms. The van der Waals surface area contributed by atoms with Crippen molar-refractivity contribution in [1.82, 2.24) is 4.90 Å². The monoisotopic (exact) mass is 341 g/mol. The molecule has 0 bridgehead atoms. The van der Waals surface area contributed by atoms with E-state index >= 15 is 0 Å². The number of likely N-dealkylation sites (tertiary alicyclic amines) is 1. The molecule has 2 atom stereocenters. The molecule has 1 aromatic carbocycles. The van der Waals surface area contributed by atoms with Crippen LogP contribution in [0.5, 0.6) is 11.5 Å². The fraction of sp³-hybridized carbons (Fsp3) is 0.647. The lowest BCUT2D eigenvalue weighted by molar-refractivity contribution is -0.0417. The Labute approximate surface area is 142 Å². The first kappa shape index (κ1) is 16.8. The Hall–Kier alpha value is -1.01. The Morgan fingerprint density at radius 2 is 2.22 bits per heavy atom. The summed E-state index contributed by atoms with van der Waals surface area (Å²) in [6.45, 7) is 4.22. The van der Waals surface area contributed by atoms with E-state index in [0.29, 0.717) is 22.4 Å². The van der Waals surface area contributed by atoms with Gasteiger partial charge in [0.25, 0.3) is 0 Å². The van der Waals surface area contributed by atoms with Gasteiger partial charge in [-0.25, -0.2) is 0 Å². The minimum Gasteiger partial charge on any atom is -0.493 e. The molecule has 2 fully saturated rings. The van der Waals surface area contributed by atoms with Crippen LogP contribution < -0.4 is 9.47 Å². The molecule has 2 saturated heterocycles. The number of methoxy groups -OCH3 is 2. The molecule has 1 aromatic rings. The van der Waals surface area contributed by atoms with Crippen molar-refractivity contribution >= 4 is 11.6 Å². The van der Waals surface area contributed by atoms with E-state index in [4.69, 9.17) is 25.8 Å². The third kappa shape index (κ3) is 3.03. The number of benzene rings is 1.